The van der Waals surface area contributed by atoms with Crippen LogP contribution in [-0.4, -0.2) is 37.6 Å². The second-order valence-corrected chi connectivity index (χ2v) is 6.91. The number of halogens is 1. The zero-order valence-corrected chi connectivity index (χ0v) is 15.7. The average molecular weight is 371 g/mol. The van der Waals surface area contributed by atoms with Gasteiger partial charge in [-0.1, -0.05) is 24.3 Å². The van der Waals surface area contributed by atoms with Crippen LogP contribution in [0, 0.1) is 11.7 Å². The first kappa shape index (κ1) is 19.2. The van der Waals surface area contributed by atoms with Crippen LogP contribution in [0.5, 0.6) is 11.5 Å². The van der Waals surface area contributed by atoms with Crippen LogP contribution in [-0.2, 0) is 11.2 Å². The second-order valence-electron chi connectivity index (χ2n) is 6.91. The SMILES string of the molecule is COc1cccc(CCC(=O)N2CCC(CCOc3ccccc3F)C2)c1. The Hall–Kier alpha value is -2.56. The Morgan fingerprint density at radius 1 is 1.22 bits per heavy atom. The Bertz CT molecular complexity index is 765. The molecule has 0 radical (unpaired) electrons. The molecule has 1 aliphatic rings. The Morgan fingerprint density at radius 3 is 2.89 bits per heavy atom. The molecule has 1 unspecified atom stereocenters. The third-order valence-electron chi connectivity index (χ3n) is 5.02. The van der Waals surface area contributed by atoms with E-state index in [0.29, 0.717) is 31.1 Å². The van der Waals surface area contributed by atoms with Gasteiger partial charge in [-0.15, -0.1) is 0 Å². The molecule has 0 spiro atoms. The molecule has 0 aliphatic carbocycles. The van der Waals surface area contributed by atoms with E-state index in [1.807, 2.05) is 29.2 Å². The van der Waals surface area contributed by atoms with E-state index in [1.165, 1.54) is 6.07 Å². The molecule has 5 heteroatoms. The van der Waals surface area contributed by atoms with E-state index >= 15 is 0 Å². The van der Waals surface area contributed by atoms with E-state index in [0.717, 1.165) is 37.2 Å². The topological polar surface area (TPSA) is 38.8 Å². The summed E-state index contributed by atoms with van der Waals surface area (Å²) in [7, 11) is 1.64. The monoisotopic (exact) mass is 371 g/mol. The maximum atomic E-state index is 13.5. The van der Waals surface area contributed by atoms with E-state index in [-0.39, 0.29) is 11.7 Å². The molecular weight excluding hydrogens is 345 g/mol. The van der Waals surface area contributed by atoms with E-state index in [1.54, 1.807) is 25.3 Å². The number of carbonyl (C=O) groups excluding carboxylic acids is 1. The van der Waals surface area contributed by atoms with E-state index in [2.05, 4.69) is 0 Å². The minimum Gasteiger partial charge on any atom is -0.497 e. The van der Waals surface area contributed by atoms with Crippen molar-refractivity contribution in [3.05, 3.63) is 59.9 Å². The van der Waals surface area contributed by atoms with Crippen LogP contribution >= 0.6 is 0 Å². The van der Waals surface area contributed by atoms with Crippen LogP contribution in [0.15, 0.2) is 48.5 Å². The maximum absolute atomic E-state index is 13.5. The van der Waals surface area contributed by atoms with Crippen molar-refractivity contribution in [1.29, 1.82) is 0 Å². The van der Waals surface area contributed by atoms with Crippen LogP contribution < -0.4 is 9.47 Å². The fourth-order valence-corrected chi connectivity index (χ4v) is 3.43. The number of nitrogens with zero attached hydrogens (tertiary/aromatic N) is 1. The first-order valence-electron chi connectivity index (χ1n) is 9.43. The molecule has 0 N–H and O–H groups in total. The van der Waals surface area contributed by atoms with Crippen LogP contribution in [0.4, 0.5) is 4.39 Å². The van der Waals surface area contributed by atoms with Crippen molar-refractivity contribution in [1.82, 2.24) is 4.90 Å². The van der Waals surface area contributed by atoms with Gasteiger partial charge in [0, 0.05) is 19.5 Å². The molecule has 4 nitrogen and oxygen atoms in total. The molecule has 1 aliphatic heterocycles. The second kappa shape index (κ2) is 9.40. The summed E-state index contributed by atoms with van der Waals surface area (Å²) in [5, 5.41) is 0. The lowest BCUT2D eigenvalue weighted by Gasteiger charge is -2.17. The minimum absolute atomic E-state index is 0.190. The highest BCUT2D eigenvalue weighted by Gasteiger charge is 2.25. The summed E-state index contributed by atoms with van der Waals surface area (Å²) >= 11 is 0. The van der Waals surface area contributed by atoms with Crippen LogP contribution in [0.1, 0.15) is 24.8 Å². The quantitative estimate of drug-likeness (QED) is 0.702. The zero-order chi connectivity index (χ0) is 19.1. The standard InChI is InChI=1S/C22H26FNO3/c1-26-19-6-4-5-17(15-19)9-10-22(25)24-13-11-18(16-24)12-14-27-21-8-3-2-7-20(21)23/h2-8,15,18H,9-14,16H2,1H3. The molecule has 1 atom stereocenters. The fraction of sp³-hybridized carbons (Fsp3) is 0.409. The van der Waals surface area contributed by atoms with Gasteiger partial charge in [0.25, 0.3) is 0 Å². The number of carbonyl (C=O) groups is 1. The molecule has 3 rings (SSSR count). The zero-order valence-electron chi connectivity index (χ0n) is 15.7. The molecule has 27 heavy (non-hydrogen) atoms. The average Bonchev–Trinajstić information content (AvgIpc) is 3.17. The van der Waals surface area contributed by atoms with Crippen LogP contribution in [0.3, 0.4) is 0 Å². The third-order valence-corrected chi connectivity index (χ3v) is 5.02. The molecule has 1 heterocycles. The highest BCUT2D eigenvalue weighted by Crippen LogP contribution is 2.22. The summed E-state index contributed by atoms with van der Waals surface area (Å²) in [5.41, 5.74) is 1.11. The van der Waals surface area contributed by atoms with Gasteiger partial charge >= 0.3 is 0 Å². The molecule has 0 saturated carbocycles. The molecule has 2 aromatic carbocycles. The number of amides is 1. The minimum atomic E-state index is -0.335. The van der Waals surface area contributed by atoms with Gasteiger partial charge in [0.15, 0.2) is 11.6 Å². The number of benzene rings is 2. The van der Waals surface area contributed by atoms with Gasteiger partial charge in [-0.25, -0.2) is 4.39 Å². The smallest absolute Gasteiger partial charge is 0.222 e. The Morgan fingerprint density at radius 2 is 2.07 bits per heavy atom. The lowest BCUT2D eigenvalue weighted by atomic mass is 10.1. The van der Waals surface area contributed by atoms with Gasteiger partial charge in [-0.3, -0.25) is 4.79 Å². The molecular formula is C22H26FNO3. The van der Waals surface area contributed by atoms with Gasteiger partial charge < -0.3 is 14.4 Å². The number of para-hydroxylation sites is 1. The first-order valence-corrected chi connectivity index (χ1v) is 9.43. The summed E-state index contributed by atoms with van der Waals surface area (Å²) in [5.74, 6) is 1.38. The Kier molecular flexibility index (Phi) is 6.69. The van der Waals surface area contributed by atoms with Gasteiger partial charge in [0.05, 0.1) is 13.7 Å². The number of likely N-dealkylation sites (tertiary alicyclic amines) is 1. The molecule has 1 saturated heterocycles. The van der Waals surface area contributed by atoms with E-state index < -0.39 is 0 Å². The fourth-order valence-electron chi connectivity index (χ4n) is 3.43. The summed E-state index contributed by atoms with van der Waals surface area (Å²) in [6, 6.07) is 14.3. The number of hydrogen-bond acceptors (Lipinski definition) is 3. The number of hydrogen-bond donors (Lipinski definition) is 0. The van der Waals surface area contributed by atoms with Gasteiger partial charge in [0.1, 0.15) is 5.75 Å². The maximum Gasteiger partial charge on any atom is 0.222 e. The predicted octanol–water partition coefficient (Wildman–Crippen LogP) is 4.08. The summed E-state index contributed by atoms with van der Waals surface area (Å²) in [6.45, 7) is 2.02. The predicted molar refractivity (Wildman–Crippen MR) is 103 cm³/mol. The Labute approximate surface area is 159 Å². The number of rotatable bonds is 8. The highest BCUT2D eigenvalue weighted by molar-refractivity contribution is 5.76. The summed E-state index contributed by atoms with van der Waals surface area (Å²) in [6.07, 6.45) is 3.03. The lowest BCUT2D eigenvalue weighted by molar-refractivity contribution is -0.130. The molecule has 0 bridgehead atoms. The van der Waals surface area contributed by atoms with Crippen LogP contribution in [0.25, 0.3) is 0 Å². The number of methoxy groups -OCH3 is 1. The van der Waals surface area contributed by atoms with Crippen molar-refractivity contribution in [2.75, 3.05) is 26.8 Å². The first-order chi connectivity index (χ1) is 13.2. The van der Waals surface area contributed by atoms with Crippen molar-refractivity contribution in [2.24, 2.45) is 5.92 Å². The highest BCUT2D eigenvalue weighted by atomic mass is 19.1. The molecule has 1 fully saturated rings. The van der Waals surface area contributed by atoms with Gasteiger partial charge in [-0.2, -0.15) is 0 Å². The lowest BCUT2D eigenvalue weighted by Crippen LogP contribution is -2.29. The normalized spacial score (nSPS) is 16.4. The summed E-state index contributed by atoms with van der Waals surface area (Å²) < 4.78 is 24.3. The third kappa shape index (κ3) is 5.46. The van der Waals surface area contributed by atoms with Crippen molar-refractivity contribution >= 4 is 5.91 Å². The van der Waals surface area contributed by atoms with Crippen molar-refractivity contribution in [3.63, 3.8) is 0 Å². The molecule has 0 aromatic heterocycles. The van der Waals surface area contributed by atoms with Crippen LogP contribution in [0.2, 0.25) is 0 Å². The Balaban J connectivity index is 1.39. The number of aryl methyl sites for hydroxylation is 1. The molecule has 1 amide bonds. The molecule has 2 aromatic rings. The van der Waals surface area contributed by atoms with Crippen molar-refractivity contribution < 1.29 is 18.7 Å². The van der Waals surface area contributed by atoms with E-state index in [9.17, 15) is 9.18 Å². The van der Waals surface area contributed by atoms with Gasteiger partial charge in [0.2, 0.25) is 5.91 Å². The van der Waals surface area contributed by atoms with Crippen molar-refractivity contribution in [2.45, 2.75) is 25.7 Å². The van der Waals surface area contributed by atoms with Crippen molar-refractivity contribution in [3.8, 4) is 11.5 Å². The summed E-state index contributed by atoms with van der Waals surface area (Å²) in [4.78, 5) is 14.4. The molecule has 144 valence electrons. The number of ether oxygens (including phenoxy) is 2. The van der Waals surface area contributed by atoms with E-state index in [4.69, 9.17) is 9.47 Å². The van der Waals surface area contributed by atoms with Gasteiger partial charge in [-0.05, 0) is 55.0 Å². The largest absolute Gasteiger partial charge is 0.497 e.